The zero-order valence-corrected chi connectivity index (χ0v) is 11.8. The third-order valence-corrected chi connectivity index (χ3v) is 3.90. The average molecular weight is 269 g/mol. The zero-order valence-electron chi connectivity index (χ0n) is 11.1. The summed E-state index contributed by atoms with van der Waals surface area (Å²) in [6.45, 7) is 2.89. The van der Waals surface area contributed by atoms with Crippen LogP contribution in [0.2, 0.25) is 5.02 Å². The molecule has 0 unspecified atom stereocenters. The molecule has 3 nitrogen and oxygen atoms in total. The first-order valence-corrected chi connectivity index (χ1v) is 6.83. The molecule has 100 valence electrons. The molecule has 1 aliphatic heterocycles. The normalized spacial score (nSPS) is 17.2. The highest BCUT2D eigenvalue weighted by atomic mass is 35.5. The molecular formula is C14H21ClN2O. The molecule has 1 heterocycles. The summed E-state index contributed by atoms with van der Waals surface area (Å²) < 4.78 is 5.39. The summed E-state index contributed by atoms with van der Waals surface area (Å²) in [7, 11) is 3.73. The van der Waals surface area contributed by atoms with Gasteiger partial charge in [-0.2, -0.15) is 0 Å². The second-order valence-corrected chi connectivity index (χ2v) is 5.14. The minimum absolute atomic E-state index is 0.417. The van der Waals surface area contributed by atoms with Gasteiger partial charge in [0.25, 0.3) is 0 Å². The molecule has 0 radical (unpaired) electrons. The first-order chi connectivity index (χ1) is 8.74. The molecule has 1 N–H and O–H groups in total. The summed E-state index contributed by atoms with van der Waals surface area (Å²) >= 11 is 6.29. The van der Waals surface area contributed by atoms with Gasteiger partial charge in [0.1, 0.15) is 0 Å². The summed E-state index contributed by atoms with van der Waals surface area (Å²) in [4.78, 5) is 2.38. The molecule has 0 aliphatic carbocycles. The fraction of sp³-hybridized carbons (Fsp3) is 0.571. The number of rotatable bonds is 4. The molecule has 2 rings (SSSR count). The van der Waals surface area contributed by atoms with Crippen LogP contribution in [0.5, 0.6) is 0 Å². The Morgan fingerprint density at radius 2 is 2.11 bits per heavy atom. The number of piperidine rings is 1. The predicted molar refractivity (Wildman–Crippen MR) is 76.5 cm³/mol. The Kier molecular flexibility index (Phi) is 4.87. The van der Waals surface area contributed by atoms with Gasteiger partial charge in [-0.05, 0) is 37.6 Å². The molecule has 1 aromatic rings. The van der Waals surface area contributed by atoms with Crippen LogP contribution in [0, 0.1) is 0 Å². The van der Waals surface area contributed by atoms with Crippen molar-refractivity contribution in [3.05, 3.63) is 28.8 Å². The van der Waals surface area contributed by atoms with Crippen LogP contribution in [0.1, 0.15) is 18.4 Å². The van der Waals surface area contributed by atoms with Crippen molar-refractivity contribution in [3.8, 4) is 0 Å². The Morgan fingerprint density at radius 3 is 2.67 bits per heavy atom. The Morgan fingerprint density at radius 1 is 1.39 bits per heavy atom. The monoisotopic (exact) mass is 268 g/mol. The van der Waals surface area contributed by atoms with Gasteiger partial charge in [-0.25, -0.2) is 0 Å². The van der Waals surface area contributed by atoms with Gasteiger partial charge in [-0.15, -0.1) is 0 Å². The number of ether oxygens (including phenoxy) is 1. The second kappa shape index (κ2) is 6.41. The maximum atomic E-state index is 6.29. The molecule has 1 saturated heterocycles. The predicted octanol–water partition coefficient (Wildman–Crippen LogP) is 2.67. The third kappa shape index (κ3) is 3.16. The van der Waals surface area contributed by atoms with Crippen molar-refractivity contribution in [1.29, 1.82) is 0 Å². The second-order valence-electron chi connectivity index (χ2n) is 4.73. The van der Waals surface area contributed by atoms with Crippen molar-refractivity contribution in [3.63, 3.8) is 0 Å². The highest BCUT2D eigenvalue weighted by Gasteiger charge is 2.19. The van der Waals surface area contributed by atoms with E-state index in [0.29, 0.717) is 6.10 Å². The van der Waals surface area contributed by atoms with Crippen LogP contribution < -0.4 is 10.2 Å². The van der Waals surface area contributed by atoms with Gasteiger partial charge < -0.3 is 15.0 Å². The van der Waals surface area contributed by atoms with E-state index in [2.05, 4.69) is 28.4 Å². The van der Waals surface area contributed by atoms with Gasteiger partial charge in [0.2, 0.25) is 0 Å². The van der Waals surface area contributed by atoms with Crippen LogP contribution in [-0.4, -0.2) is 33.4 Å². The molecule has 0 atom stereocenters. The van der Waals surface area contributed by atoms with Crippen molar-refractivity contribution < 1.29 is 4.74 Å². The number of halogens is 1. The van der Waals surface area contributed by atoms with Crippen LogP contribution in [0.3, 0.4) is 0 Å². The van der Waals surface area contributed by atoms with Gasteiger partial charge >= 0.3 is 0 Å². The van der Waals surface area contributed by atoms with Crippen LogP contribution in [0.25, 0.3) is 0 Å². The van der Waals surface area contributed by atoms with E-state index in [9.17, 15) is 0 Å². The summed E-state index contributed by atoms with van der Waals surface area (Å²) in [5.41, 5.74) is 2.36. The van der Waals surface area contributed by atoms with E-state index in [1.54, 1.807) is 7.11 Å². The molecule has 0 bridgehead atoms. The number of nitrogens with zero attached hydrogens (tertiary/aromatic N) is 1. The van der Waals surface area contributed by atoms with E-state index in [4.69, 9.17) is 16.3 Å². The van der Waals surface area contributed by atoms with Crippen LogP contribution in [-0.2, 0) is 11.3 Å². The van der Waals surface area contributed by atoms with Crippen molar-refractivity contribution >= 4 is 17.3 Å². The highest BCUT2D eigenvalue weighted by molar-refractivity contribution is 6.31. The Hall–Kier alpha value is -0.770. The standard InChI is InChI=1S/C14H21ClN2O/c1-16-10-11-3-4-12(9-14(11)15)17-7-5-13(18-2)6-8-17/h3-4,9,13,16H,5-8,10H2,1-2H3. The Bertz CT molecular complexity index is 389. The first kappa shape index (κ1) is 13.7. The molecule has 1 aliphatic rings. The number of methoxy groups -OCH3 is 1. The van der Waals surface area contributed by atoms with E-state index >= 15 is 0 Å². The minimum Gasteiger partial charge on any atom is -0.381 e. The molecule has 0 aromatic heterocycles. The van der Waals surface area contributed by atoms with Crippen LogP contribution >= 0.6 is 11.6 Å². The van der Waals surface area contributed by atoms with Crippen molar-refractivity contribution in [2.75, 3.05) is 32.1 Å². The smallest absolute Gasteiger partial charge is 0.0605 e. The van der Waals surface area contributed by atoms with E-state index in [0.717, 1.165) is 43.1 Å². The number of hydrogen-bond donors (Lipinski definition) is 1. The lowest BCUT2D eigenvalue weighted by Crippen LogP contribution is -2.36. The van der Waals surface area contributed by atoms with Crippen molar-refractivity contribution in [2.24, 2.45) is 0 Å². The SMILES string of the molecule is CNCc1ccc(N2CCC(OC)CC2)cc1Cl. The van der Waals surface area contributed by atoms with E-state index in [1.165, 1.54) is 5.69 Å². The maximum Gasteiger partial charge on any atom is 0.0605 e. The zero-order chi connectivity index (χ0) is 13.0. The topological polar surface area (TPSA) is 24.5 Å². The minimum atomic E-state index is 0.417. The van der Waals surface area contributed by atoms with E-state index < -0.39 is 0 Å². The largest absolute Gasteiger partial charge is 0.381 e. The Labute approximate surface area is 114 Å². The summed E-state index contributed by atoms with van der Waals surface area (Å²) in [5, 5.41) is 3.97. The van der Waals surface area contributed by atoms with E-state index in [1.807, 2.05) is 7.05 Å². The maximum absolute atomic E-state index is 6.29. The third-order valence-electron chi connectivity index (χ3n) is 3.54. The molecule has 1 fully saturated rings. The van der Waals surface area contributed by atoms with Crippen molar-refractivity contribution in [2.45, 2.75) is 25.5 Å². The average Bonchev–Trinajstić information content (AvgIpc) is 2.41. The number of nitrogens with one attached hydrogen (secondary N) is 1. The Balaban J connectivity index is 2.03. The summed E-state index contributed by atoms with van der Waals surface area (Å²) in [6, 6.07) is 6.34. The van der Waals surface area contributed by atoms with Gasteiger partial charge in [0.05, 0.1) is 6.10 Å². The fourth-order valence-electron chi connectivity index (χ4n) is 2.42. The molecule has 0 saturated carbocycles. The molecule has 0 spiro atoms. The lowest BCUT2D eigenvalue weighted by Gasteiger charge is -2.33. The van der Waals surface area contributed by atoms with Gasteiger partial charge in [-0.3, -0.25) is 0 Å². The summed E-state index contributed by atoms with van der Waals surface area (Å²) in [5.74, 6) is 0. The van der Waals surface area contributed by atoms with Crippen molar-refractivity contribution in [1.82, 2.24) is 5.32 Å². The molecule has 0 amide bonds. The molecule has 18 heavy (non-hydrogen) atoms. The molecular weight excluding hydrogens is 248 g/mol. The van der Waals surface area contributed by atoms with Gasteiger partial charge in [0, 0.05) is 37.5 Å². The summed E-state index contributed by atoms with van der Waals surface area (Å²) in [6.07, 6.45) is 2.60. The number of hydrogen-bond acceptors (Lipinski definition) is 3. The number of anilines is 1. The molecule has 4 heteroatoms. The van der Waals surface area contributed by atoms with Crippen LogP contribution in [0.15, 0.2) is 18.2 Å². The van der Waals surface area contributed by atoms with Gasteiger partial charge in [-0.1, -0.05) is 17.7 Å². The van der Waals surface area contributed by atoms with Gasteiger partial charge in [0.15, 0.2) is 0 Å². The number of benzene rings is 1. The fourth-order valence-corrected chi connectivity index (χ4v) is 2.66. The highest BCUT2D eigenvalue weighted by Crippen LogP contribution is 2.26. The van der Waals surface area contributed by atoms with E-state index in [-0.39, 0.29) is 0 Å². The molecule has 1 aromatic carbocycles. The first-order valence-electron chi connectivity index (χ1n) is 6.45. The lowest BCUT2D eigenvalue weighted by molar-refractivity contribution is 0.0819. The van der Waals surface area contributed by atoms with Crippen LogP contribution in [0.4, 0.5) is 5.69 Å². The lowest BCUT2D eigenvalue weighted by atomic mass is 10.1. The quantitative estimate of drug-likeness (QED) is 0.909.